The number of carbonyl (C=O) groups is 3. The fourth-order valence-electron chi connectivity index (χ4n) is 3.97. The average Bonchev–Trinajstić information content (AvgIpc) is 3.37. The van der Waals surface area contributed by atoms with Gasteiger partial charge >= 0.3 is 6.09 Å². The Bertz CT molecular complexity index is 931. The summed E-state index contributed by atoms with van der Waals surface area (Å²) in [5, 5.41) is 3.03. The molecule has 146 valence electrons. The number of ether oxygens (including phenoxy) is 1. The molecule has 4 rings (SSSR count). The van der Waals surface area contributed by atoms with E-state index in [0.29, 0.717) is 6.54 Å². The lowest BCUT2D eigenvalue weighted by Crippen LogP contribution is -2.49. The van der Waals surface area contributed by atoms with Gasteiger partial charge in [0, 0.05) is 22.7 Å². The number of hydrazine groups is 1. The van der Waals surface area contributed by atoms with E-state index in [9.17, 15) is 14.4 Å². The van der Waals surface area contributed by atoms with Crippen molar-refractivity contribution in [3.8, 4) is 0 Å². The number of fused-ring (bicyclic) bond motifs is 1. The molecule has 2 aliphatic heterocycles. The topological polar surface area (TPSA) is 83.3 Å². The lowest BCUT2D eigenvalue weighted by atomic mass is 9.91. The highest BCUT2D eigenvalue weighted by Crippen LogP contribution is 2.47. The van der Waals surface area contributed by atoms with Crippen LogP contribution in [0, 0.1) is 9.49 Å². The van der Waals surface area contributed by atoms with Crippen LogP contribution in [0.2, 0.25) is 0 Å². The lowest BCUT2D eigenvalue weighted by molar-refractivity contribution is -0.143. The van der Waals surface area contributed by atoms with Gasteiger partial charge in [0.05, 0.1) is 31.6 Å². The first-order chi connectivity index (χ1) is 13.5. The smallest absolute Gasteiger partial charge is 0.424 e. The monoisotopic (exact) mass is 495 g/mol. The number of halogens is 1. The first-order valence-electron chi connectivity index (χ1n) is 8.66. The van der Waals surface area contributed by atoms with Crippen LogP contribution in [0.15, 0.2) is 47.3 Å². The van der Waals surface area contributed by atoms with Gasteiger partial charge in [-0.15, -0.1) is 0 Å². The summed E-state index contributed by atoms with van der Waals surface area (Å²) in [4.78, 5) is 39.5. The van der Waals surface area contributed by atoms with Gasteiger partial charge in [-0.3, -0.25) is 14.5 Å². The molecule has 1 aromatic heterocycles. The Labute approximate surface area is 175 Å². The van der Waals surface area contributed by atoms with Crippen molar-refractivity contribution in [3.63, 3.8) is 0 Å². The Hall–Kier alpha value is -2.40. The number of hydrogen-bond donors (Lipinski definition) is 0. The number of nitrogens with zero attached hydrogens (tertiary/aromatic N) is 3. The van der Waals surface area contributed by atoms with Crippen LogP contribution in [0.25, 0.3) is 0 Å². The summed E-state index contributed by atoms with van der Waals surface area (Å²) in [5.41, 5.74) is 1.70. The Morgan fingerprint density at radius 1 is 1.18 bits per heavy atom. The molecule has 3 atom stereocenters. The number of carbonyl (C=O) groups excluding carboxylic acids is 3. The summed E-state index contributed by atoms with van der Waals surface area (Å²) >= 11 is 2.22. The molecule has 8 nitrogen and oxygen atoms in total. The molecule has 3 amide bonds. The third-order valence-corrected chi connectivity index (χ3v) is 6.33. The number of methoxy groups -OCH3 is 1. The standard InChI is InChI=1S/C19H18IN3O5/c1-21-17(24)14-15(12-7-8-28-10-12)22(9-11-5-3-4-6-13(11)20)23(19(26)27-2)16(14)18(21)25/h3-8,10,14-16H,9H2,1-2H3/t14-,15-,16+/m1/s1. The van der Waals surface area contributed by atoms with Crippen LogP contribution < -0.4 is 0 Å². The Morgan fingerprint density at radius 2 is 1.93 bits per heavy atom. The third kappa shape index (κ3) is 2.80. The molecule has 28 heavy (non-hydrogen) atoms. The summed E-state index contributed by atoms with van der Waals surface area (Å²) < 4.78 is 11.2. The molecule has 0 unspecified atom stereocenters. The predicted octanol–water partition coefficient (Wildman–Crippen LogP) is 2.41. The molecule has 0 radical (unpaired) electrons. The summed E-state index contributed by atoms with van der Waals surface area (Å²) in [6.45, 7) is 0.335. The van der Waals surface area contributed by atoms with Crippen LogP contribution in [-0.2, 0) is 20.9 Å². The van der Waals surface area contributed by atoms with Crippen LogP contribution >= 0.6 is 22.6 Å². The highest BCUT2D eigenvalue weighted by atomic mass is 127. The van der Waals surface area contributed by atoms with E-state index in [1.54, 1.807) is 17.3 Å². The van der Waals surface area contributed by atoms with Gasteiger partial charge in [-0.1, -0.05) is 18.2 Å². The molecule has 9 heteroatoms. The molecule has 2 saturated heterocycles. The lowest BCUT2D eigenvalue weighted by Gasteiger charge is -2.33. The molecule has 0 aliphatic carbocycles. The number of likely N-dealkylation sites (tertiary alicyclic amines) is 1. The van der Waals surface area contributed by atoms with E-state index in [1.165, 1.54) is 25.4 Å². The van der Waals surface area contributed by atoms with Crippen molar-refractivity contribution in [3.05, 3.63) is 57.6 Å². The van der Waals surface area contributed by atoms with Crippen molar-refractivity contribution in [1.29, 1.82) is 0 Å². The molecule has 2 fully saturated rings. The van der Waals surface area contributed by atoms with Crippen LogP contribution in [0.5, 0.6) is 0 Å². The summed E-state index contributed by atoms with van der Waals surface area (Å²) in [6.07, 6.45) is 2.38. The van der Waals surface area contributed by atoms with Gasteiger partial charge in [0.25, 0.3) is 5.91 Å². The minimum atomic E-state index is -0.939. The second-order valence-electron chi connectivity index (χ2n) is 6.71. The second kappa shape index (κ2) is 7.21. The van der Waals surface area contributed by atoms with E-state index in [2.05, 4.69) is 22.6 Å². The molecular formula is C19H18IN3O5. The summed E-state index contributed by atoms with van der Waals surface area (Å²) in [5.74, 6) is -1.46. The van der Waals surface area contributed by atoms with E-state index in [4.69, 9.17) is 9.15 Å². The summed E-state index contributed by atoms with van der Waals surface area (Å²) in [6, 6.07) is 8.04. The number of furan rings is 1. The number of imide groups is 1. The predicted molar refractivity (Wildman–Crippen MR) is 105 cm³/mol. The highest BCUT2D eigenvalue weighted by molar-refractivity contribution is 14.1. The average molecular weight is 495 g/mol. The second-order valence-corrected chi connectivity index (χ2v) is 7.87. The molecule has 0 spiro atoms. The molecule has 2 aliphatic rings. The van der Waals surface area contributed by atoms with Crippen LogP contribution in [0.4, 0.5) is 4.79 Å². The van der Waals surface area contributed by atoms with Gasteiger partial charge in [0.15, 0.2) is 0 Å². The van der Waals surface area contributed by atoms with Crippen molar-refractivity contribution in [2.24, 2.45) is 5.92 Å². The van der Waals surface area contributed by atoms with Crippen LogP contribution in [0.3, 0.4) is 0 Å². The number of rotatable bonds is 3. The molecular weight excluding hydrogens is 477 g/mol. The van der Waals surface area contributed by atoms with Gasteiger partial charge in [-0.2, -0.15) is 0 Å². The fraction of sp³-hybridized carbons (Fsp3) is 0.316. The normalized spacial score (nSPS) is 24.8. The zero-order valence-electron chi connectivity index (χ0n) is 15.2. The van der Waals surface area contributed by atoms with Crippen molar-refractivity contribution >= 4 is 40.5 Å². The zero-order chi connectivity index (χ0) is 20.0. The summed E-state index contributed by atoms with van der Waals surface area (Å²) in [7, 11) is 2.70. The fourth-order valence-corrected chi connectivity index (χ4v) is 4.53. The van der Waals surface area contributed by atoms with E-state index < -0.39 is 30.0 Å². The minimum absolute atomic E-state index is 0.319. The maximum atomic E-state index is 12.9. The van der Waals surface area contributed by atoms with E-state index in [0.717, 1.165) is 19.6 Å². The maximum absolute atomic E-state index is 12.9. The van der Waals surface area contributed by atoms with Gasteiger partial charge in [-0.05, 0) is 40.3 Å². The Balaban J connectivity index is 1.84. The number of hydrogen-bond acceptors (Lipinski definition) is 6. The number of benzene rings is 1. The van der Waals surface area contributed by atoms with Gasteiger partial charge in [-0.25, -0.2) is 14.8 Å². The van der Waals surface area contributed by atoms with E-state index in [1.807, 2.05) is 24.3 Å². The number of amides is 3. The zero-order valence-corrected chi connectivity index (χ0v) is 17.4. The molecule has 2 aromatic rings. The maximum Gasteiger partial charge on any atom is 0.424 e. The van der Waals surface area contributed by atoms with Gasteiger partial charge in [0.1, 0.15) is 6.04 Å². The quantitative estimate of drug-likeness (QED) is 0.481. The van der Waals surface area contributed by atoms with Crippen LogP contribution in [-0.4, -0.2) is 53.0 Å². The number of likely N-dealkylation sites (N-methyl/N-ethyl adjacent to an activating group) is 1. The van der Waals surface area contributed by atoms with Crippen molar-refractivity contribution in [2.75, 3.05) is 14.2 Å². The largest absolute Gasteiger partial charge is 0.472 e. The third-order valence-electron chi connectivity index (χ3n) is 5.28. The Kier molecular flexibility index (Phi) is 4.88. The van der Waals surface area contributed by atoms with Crippen LogP contribution in [0.1, 0.15) is 17.2 Å². The van der Waals surface area contributed by atoms with Crippen molar-refractivity contribution in [2.45, 2.75) is 18.6 Å². The Morgan fingerprint density at radius 3 is 2.57 bits per heavy atom. The van der Waals surface area contributed by atoms with E-state index in [-0.39, 0.29) is 5.91 Å². The first-order valence-corrected chi connectivity index (χ1v) is 9.74. The first kappa shape index (κ1) is 18.9. The molecule has 1 aromatic carbocycles. The van der Waals surface area contributed by atoms with Crippen molar-refractivity contribution in [1.82, 2.24) is 14.9 Å². The molecule has 3 heterocycles. The molecule has 0 saturated carbocycles. The SMILES string of the molecule is COC(=O)N1[C@@H]2C(=O)N(C)C(=O)[C@@H]2[C@@H](c2ccoc2)N1Cc1ccccc1I. The van der Waals surface area contributed by atoms with Crippen molar-refractivity contribution < 1.29 is 23.5 Å². The van der Waals surface area contributed by atoms with Gasteiger partial charge < -0.3 is 9.15 Å². The van der Waals surface area contributed by atoms with Gasteiger partial charge in [0.2, 0.25) is 5.91 Å². The highest BCUT2D eigenvalue weighted by Gasteiger charge is 2.63. The molecule has 0 bridgehead atoms. The molecule has 0 N–H and O–H groups in total. The van der Waals surface area contributed by atoms with E-state index >= 15 is 0 Å². The minimum Gasteiger partial charge on any atom is -0.472 e.